The normalized spacial score (nSPS) is 17.7. The summed E-state index contributed by atoms with van der Waals surface area (Å²) in [4.78, 5) is 24.8. The Bertz CT molecular complexity index is 536. The van der Waals surface area contributed by atoms with E-state index < -0.39 is 5.97 Å². The van der Waals surface area contributed by atoms with Crippen LogP contribution in [0.4, 0.5) is 5.00 Å². The van der Waals surface area contributed by atoms with Crippen LogP contribution in [-0.2, 0) is 4.79 Å². The first-order valence-electron chi connectivity index (χ1n) is 6.13. The van der Waals surface area contributed by atoms with Crippen LogP contribution in [0.25, 0.3) is 0 Å². The van der Waals surface area contributed by atoms with Crippen molar-refractivity contribution >= 4 is 28.4 Å². The standard InChI is InChI=1S/C13H16N2O3S/c1-8-11(13(17)18)12(19-14-8)15(2)10(16)7-9-5-3-4-6-9/h3,5,9H,4,6-7H2,1-2H3,(H,17,18). The van der Waals surface area contributed by atoms with Gasteiger partial charge < -0.3 is 10.0 Å². The number of nitrogens with zero attached hydrogens (tertiary/aromatic N) is 2. The van der Waals surface area contributed by atoms with Crippen LogP contribution in [-0.4, -0.2) is 28.4 Å². The van der Waals surface area contributed by atoms with Crippen LogP contribution < -0.4 is 4.90 Å². The van der Waals surface area contributed by atoms with Gasteiger partial charge in [0.05, 0.1) is 5.69 Å². The number of aromatic carboxylic acids is 1. The first kappa shape index (κ1) is 13.7. The summed E-state index contributed by atoms with van der Waals surface area (Å²) >= 11 is 1.06. The van der Waals surface area contributed by atoms with Crippen molar-refractivity contribution in [2.75, 3.05) is 11.9 Å². The second kappa shape index (κ2) is 5.52. The van der Waals surface area contributed by atoms with Gasteiger partial charge in [0.15, 0.2) is 0 Å². The van der Waals surface area contributed by atoms with E-state index in [2.05, 4.69) is 16.5 Å². The Kier molecular flexibility index (Phi) is 3.99. The molecule has 0 aliphatic heterocycles. The molecular weight excluding hydrogens is 264 g/mol. The van der Waals surface area contributed by atoms with Crippen molar-refractivity contribution in [2.45, 2.75) is 26.2 Å². The minimum atomic E-state index is -1.04. The lowest BCUT2D eigenvalue weighted by Gasteiger charge is -2.17. The molecule has 1 aromatic heterocycles. The Morgan fingerprint density at radius 2 is 2.32 bits per heavy atom. The molecule has 0 saturated heterocycles. The summed E-state index contributed by atoms with van der Waals surface area (Å²) < 4.78 is 4.03. The monoisotopic (exact) mass is 280 g/mol. The van der Waals surface area contributed by atoms with Gasteiger partial charge in [0.2, 0.25) is 5.91 Å². The molecular formula is C13H16N2O3S. The molecule has 5 nitrogen and oxygen atoms in total. The lowest BCUT2D eigenvalue weighted by Crippen LogP contribution is -2.28. The number of allylic oxidation sites excluding steroid dienone is 2. The fraction of sp³-hybridized carbons (Fsp3) is 0.462. The number of aryl methyl sites for hydroxylation is 1. The van der Waals surface area contributed by atoms with Crippen LogP contribution in [0.1, 0.15) is 35.3 Å². The molecule has 0 bridgehead atoms. The fourth-order valence-electron chi connectivity index (χ4n) is 2.17. The molecule has 1 amide bonds. The molecule has 1 unspecified atom stereocenters. The highest BCUT2D eigenvalue weighted by atomic mass is 32.1. The number of aromatic nitrogens is 1. The van der Waals surface area contributed by atoms with E-state index in [0.29, 0.717) is 17.1 Å². The molecule has 6 heteroatoms. The molecule has 0 saturated carbocycles. The van der Waals surface area contributed by atoms with Gasteiger partial charge >= 0.3 is 5.97 Å². The molecule has 1 atom stereocenters. The van der Waals surface area contributed by atoms with Crippen molar-refractivity contribution < 1.29 is 14.7 Å². The number of hydrogen-bond donors (Lipinski definition) is 1. The first-order chi connectivity index (χ1) is 9.00. The van der Waals surface area contributed by atoms with Gasteiger partial charge in [-0.1, -0.05) is 12.2 Å². The summed E-state index contributed by atoms with van der Waals surface area (Å²) in [5.74, 6) is -0.832. The van der Waals surface area contributed by atoms with E-state index >= 15 is 0 Å². The summed E-state index contributed by atoms with van der Waals surface area (Å²) in [7, 11) is 1.61. The van der Waals surface area contributed by atoms with Crippen LogP contribution in [0.5, 0.6) is 0 Å². The largest absolute Gasteiger partial charge is 0.478 e. The van der Waals surface area contributed by atoms with Crippen LogP contribution >= 0.6 is 11.5 Å². The number of anilines is 1. The summed E-state index contributed by atoms with van der Waals surface area (Å²) in [5.41, 5.74) is 0.579. The maximum Gasteiger partial charge on any atom is 0.340 e. The molecule has 1 aromatic rings. The number of carboxylic acid groups (broad SMARTS) is 1. The van der Waals surface area contributed by atoms with Gasteiger partial charge in [0.1, 0.15) is 10.6 Å². The van der Waals surface area contributed by atoms with Crippen molar-refractivity contribution in [2.24, 2.45) is 5.92 Å². The maximum absolute atomic E-state index is 12.2. The number of carbonyl (C=O) groups excluding carboxylic acids is 1. The fourth-order valence-corrected chi connectivity index (χ4v) is 3.04. The van der Waals surface area contributed by atoms with E-state index in [1.54, 1.807) is 14.0 Å². The van der Waals surface area contributed by atoms with Crippen molar-refractivity contribution in [3.63, 3.8) is 0 Å². The number of rotatable bonds is 4. The number of carboxylic acids is 1. The van der Waals surface area contributed by atoms with Gasteiger partial charge in [-0.05, 0) is 37.2 Å². The molecule has 19 heavy (non-hydrogen) atoms. The average molecular weight is 280 g/mol. The smallest absolute Gasteiger partial charge is 0.340 e. The minimum absolute atomic E-state index is 0.0669. The SMILES string of the molecule is Cc1nsc(N(C)C(=O)CC2C=CCC2)c1C(=O)O. The molecule has 1 N–H and O–H groups in total. The first-order valence-corrected chi connectivity index (χ1v) is 6.90. The second-order valence-electron chi connectivity index (χ2n) is 4.68. The van der Waals surface area contributed by atoms with E-state index in [1.165, 1.54) is 4.90 Å². The highest BCUT2D eigenvalue weighted by Crippen LogP contribution is 2.29. The average Bonchev–Trinajstić information content (AvgIpc) is 2.97. The molecule has 0 fully saturated rings. The number of hydrogen-bond acceptors (Lipinski definition) is 4. The van der Waals surface area contributed by atoms with E-state index in [1.807, 2.05) is 0 Å². The zero-order valence-corrected chi connectivity index (χ0v) is 11.7. The predicted octanol–water partition coefficient (Wildman–Crippen LogP) is 2.47. The lowest BCUT2D eigenvalue weighted by atomic mass is 10.0. The maximum atomic E-state index is 12.2. The molecule has 2 rings (SSSR count). The number of amides is 1. The van der Waals surface area contributed by atoms with Crippen LogP contribution in [0.2, 0.25) is 0 Å². The van der Waals surface area contributed by atoms with Gasteiger partial charge in [0, 0.05) is 13.5 Å². The Morgan fingerprint density at radius 1 is 1.58 bits per heavy atom. The minimum Gasteiger partial charge on any atom is -0.478 e. The second-order valence-corrected chi connectivity index (χ2v) is 5.43. The third-order valence-electron chi connectivity index (χ3n) is 3.29. The van der Waals surface area contributed by atoms with E-state index in [-0.39, 0.29) is 17.4 Å². The van der Waals surface area contributed by atoms with Crippen LogP contribution in [0.15, 0.2) is 12.2 Å². The van der Waals surface area contributed by atoms with Crippen LogP contribution in [0.3, 0.4) is 0 Å². The lowest BCUT2D eigenvalue weighted by molar-refractivity contribution is -0.118. The van der Waals surface area contributed by atoms with Gasteiger partial charge in [0.25, 0.3) is 0 Å². The number of carbonyl (C=O) groups is 2. The third-order valence-corrected chi connectivity index (χ3v) is 4.30. The van der Waals surface area contributed by atoms with Crippen molar-refractivity contribution in [1.29, 1.82) is 0 Å². The zero-order chi connectivity index (χ0) is 14.0. The summed E-state index contributed by atoms with van der Waals surface area (Å²) in [5, 5.41) is 9.58. The predicted molar refractivity (Wildman–Crippen MR) is 73.7 cm³/mol. The zero-order valence-electron chi connectivity index (χ0n) is 10.9. The Hall–Kier alpha value is -1.69. The van der Waals surface area contributed by atoms with E-state index in [4.69, 9.17) is 5.11 Å². The Morgan fingerprint density at radius 3 is 2.89 bits per heavy atom. The van der Waals surface area contributed by atoms with Gasteiger partial charge in [-0.25, -0.2) is 4.79 Å². The van der Waals surface area contributed by atoms with E-state index in [9.17, 15) is 9.59 Å². The molecule has 102 valence electrons. The Labute approximate surface area is 115 Å². The molecule has 1 aliphatic carbocycles. The van der Waals surface area contributed by atoms with Crippen molar-refractivity contribution in [1.82, 2.24) is 4.37 Å². The van der Waals surface area contributed by atoms with Gasteiger partial charge in [-0.3, -0.25) is 4.79 Å². The topological polar surface area (TPSA) is 70.5 Å². The highest BCUT2D eigenvalue weighted by molar-refractivity contribution is 7.11. The van der Waals surface area contributed by atoms with E-state index in [0.717, 1.165) is 24.4 Å². The molecule has 1 heterocycles. The highest BCUT2D eigenvalue weighted by Gasteiger charge is 2.25. The van der Waals surface area contributed by atoms with Crippen molar-refractivity contribution in [3.05, 3.63) is 23.4 Å². The quantitative estimate of drug-likeness (QED) is 0.860. The van der Waals surface area contributed by atoms with Gasteiger partial charge in [-0.2, -0.15) is 4.37 Å². The molecule has 0 radical (unpaired) electrons. The third kappa shape index (κ3) is 2.84. The summed E-state index contributed by atoms with van der Waals surface area (Å²) in [6.45, 7) is 1.64. The molecule has 1 aliphatic rings. The molecule has 0 spiro atoms. The molecule has 0 aromatic carbocycles. The summed E-state index contributed by atoms with van der Waals surface area (Å²) in [6.07, 6.45) is 6.57. The van der Waals surface area contributed by atoms with Crippen molar-refractivity contribution in [3.8, 4) is 0 Å². The van der Waals surface area contributed by atoms with Gasteiger partial charge in [-0.15, -0.1) is 0 Å². The Balaban J connectivity index is 2.14. The summed E-state index contributed by atoms with van der Waals surface area (Å²) in [6, 6.07) is 0. The van der Waals surface area contributed by atoms with Crippen LogP contribution in [0, 0.1) is 12.8 Å².